The molecule has 2 rings (SSSR count). The Hall–Kier alpha value is -2.70. The molecule has 7 nitrogen and oxygen atoms in total. The van der Waals surface area contributed by atoms with Crippen LogP contribution < -0.4 is 10.2 Å². The Morgan fingerprint density at radius 1 is 1.53 bits per heavy atom. The van der Waals surface area contributed by atoms with Crippen LogP contribution in [0.15, 0.2) is 40.2 Å². The minimum Gasteiger partial charge on any atom is -0.464 e. The van der Waals surface area contributed by atoms with E-state index in [1.54, 1.807) is 31.5 Å². The molecule has 7 heteroatoms. The summed E-state index contributed by atoms with van der Waals surface area (Å²) in [5.41, 5.74) is 3.12. The fourth-order valence-electron chi connectivity index (χ4n) is 1.24. The van der Waals surface area contributed by atoms with Crippen LogP contribution >= 0.6 is 0 Å². The maximum absolute atomic E-state index is 11.6. The van der Waals surface area contributed by atoms with Crippen LogP contribution in [0.5, 0.6) is 5.95 Å². The average molecular weight is 260 g/mol. The molecule has 2 aromatic rings. The molecule has 0 radical (unpaired) electrons. The van der Waals surface area contributed by atoms with Crippen LogP contribution in [0, 0.1) is 0 Å². The second kappa shape index (κ2) is 6.29. The lowest BCUT2D eigenvalue weighted by Crippen LogP contribution is -2.17. The molecule has 0 bridgehead atoms. The number of carbonyl (C=O) groups is 1. The van der Waals surface area contributed by atoms with E-state index in [1.165, 1.54) is 12.4 Å². The highest BCUT2D eigenvalue weighted by atomic mass is 16.6. The zero-order chi connectivity index (χ0) is 13.5. The van der Waals surface area contributed by atoms with E-state index in [0.29, 0.717) is 6.61 Å². The van der Waals surface area contributed by atoms with E-state index in [1.807, 2.05) is 0 Å². The van der Waals surface area contributed by atoms with Gasteiger partial charge in [-0.15, -0.1) is 0 Å². The molecule has 19 heavy (non-hydrogen) atoms. The number of pyridine rings is 1. The zero-order valence-corrected chi connectivity index (χ0v) is 10.2. The lowest BCUT2D eigenvalue weighted by Gasteiger charge is -1.95. The summed E-state index contributed by atoms with van der Waals surface area (Å²) in [6.07, 6.45) is 6.09. The molecule has 0 spiro atoms. The summed E-state index contributed by atoms with van der Waals surface area (Å²) in [7, 11) is 0. The van der Waals surface area contributed by atoms with Gasteiger partial charge in [-0.1, -0.05) is 0 Å². The quantitative estimate of drug-likeness (QED) is 0.645. The Morgan fingerprint density at radius 2 is 2.32 bits per heavy atom. The van der Waals surface area contributed by atoms with Gasteiger partial charge in [-0.05, 0) is 24.6 Å². The Kier molecular flexibility index (Phi) is 4.22. The van der Waals surface area contributed by atoms with Crippen molar-refractivity contribution >= 4 is 12.1 Å². The third-order valence-electron chi connectivity index (χ3n) is 2.05. The Morgan fingerprint density at radius 3 is 3.05 bits per heavy atom. The largest absolute Gasteiger partial charge is 0.464 e. The highest BCUT2D eigenvalue weighted by Gasteiger charge is 2.12. The Balaban J connectivity index is 1.92. The molecule has 0 atom stereocenters. The molecule has 0 unspecified atom stereocenters. The number of oxazole rings is 1. The topological polar surface area (TPSA) is 89.6 Å². The van der Waals surface area contributed by atoms with Gasteiger partial charge in [0.2, 0.25) is 0 Å². The van der Waals surface area contributed by atoms with Crippen molar-refractivity contribution in [2.45, 2.75) is 6.92 Å². The normalized spacial score (nSPS) is 10.6. The first-order valence-electron chi connectivity index (χ1n) is 5.61. The standard InChI is InChI=1S/C12H12N4O3/c1-2-18-10-8-14-12(19-10)11(17)16-15-7-9-3-5-13-6-4-9/h3-8H,2H2,1H3,(H,16,17)/b15-7-. The highest BCUT2D eigenvalue weighted by Crippen LogP contribution is 2.11. The van der Waals surface area contributed by atoms with Gasteiger partial charge >= 0.3 is 11.9 Å². The summed E-state index contributed by atoms with van der Waals surface area (Å²) >= 11 is 0. The van der Waals surface area contributed by atoms with E-state index in [0.717, 1.165) is 5.56 Å². The summed E-state index contributed by atoms with van der Waals surface area (Å²) in [6, 6.07) is 3.52. The van der Waals surface area contributed by atoms with Crippen LogP contribution in [-0.4, -0.2) is 28.7 Å². The molecule has 0 saturated heterocycles. The molecular weight excluding hydrogens is 248 g/mol. The molecule has 0 aliphatic rings. The van der Waals surface area contributed by atoms with Crippen LogP contribution in [0.1, 0.15) is 23.2 Å². The van der Waals surface area contributed by atoms with Gasteiger partial charge in [0, 0.05) is 12.4 Å². The Bertz CT molecular complexity index is 565. The molecule has 0 aliphatic carbocycles. The number of amides is 1. The van der Waals surface area contributed by atoms with Crippen LogP contribution in [0.3, 0.4) is 0 Å². The fraction of sp³-hybridized carbons (Fsp3) is 0.167. The van der Waals surface area contributed by atoms with Crippen molar-refractivity contribution < 1.29 is 13.9 Å². The first kappa shape index (κ1) is 12.7. The summed E-state index contributed by atoms with van der Waals surface area (Å²) in [5, 5.41) is 3.78. The van der Waals surface area contributed by atoms with Crippen LogP contribution in [0.4, 0.5) is 0 Å². The van der Waals surface area contributed by atoms with Gasteiger partial charge in [-0.25, -0.2) is 10.4 Å². The van der Waals surface area contributed by atoms with Crippen molar-refractivity contribution in [2.75, 3.05) is 6.61 Å². The lowest BCUT2D eigenvalue weighted by molar-refractivity contribution is 0.0912. The minimum atomic E-state index is -0.545. The van der Waals surface area contributed by atoms with Crippen LogP contribution in [0.2, 0.25) is 0 Å². The molecule has 2 aromatic heterocycles. The minimum absolute atomic E-state index is 0.102. The number of hydrazone groups is 1. The van der Waals surface area contributed by atoms with E-state index in [-0.39, 0.29) is 11.8 Å². The second-order valence-electron chi connectivity index (χ2n) is 3.40. The number of ether oxygens (including phenoxy) is 1. The number of hydrogen-bond donors (Lipinski definition) is 1. The number of carbonyl (C=O) groups excluding carboxylic acids is 1. The zero-order valence-electron chi connectivity index (χ0n) is 10.2. The van der Waals surface area contributed by atoms with E-state index in [9.17, 15) is 4.79 Å². The summed E-state index contributed by atoms with van der Waals surface area (Å²) < 4.78 is 10.1. The molecule has 0 aliphatic heterocycles. The number of nitrogens with one attached hydrogen (secondary N) is 1. The number of nitrogens with zero attached hydrogens (tertiary/aromatic N) is 3. The van der Waals surface area contributed by atoms with Gasteiger partial charge in [-0.2, -0.15) is 5.10 Å². The maximum Gasteiger partial charge on any atom is 0.327 e. The predicted octanol–water partition coefficient (Wildman–Crippen LogP) is 1.23. The fourth-order valence-corrected chi connectivity index (χ4v) is 1.24. The molecule has 2 heterocycles. The monoisotopic (exact) mass is 260 g/mol. The van der Waals surface area contributed by atoms with E-state index < -0.39 is 5.91 Å². The van der Waals surface area contributed by atoms with Gasteiger partial charge in [-0.3, -0.25) is 9.78 Å². The molecular formula is C12H12N4O3. The second-order valence-corrected chi connectivity index (χ2v) is 3.40. The van der Waals surface area contributed by atoms with Crippen molar-refractivity contribution in [1.29, 1.82) is 0 Å². The van der Waals surface area contributed by atoms with E-state index in [4.69, 9.17) is 9.15 Å². The molecule has 0 saturated carbocycles. The third kappa shape index (κ3) is 3.63. The van der Waals surface area contributed by atoms with Crippen LogP contribution in [-0.2, 0) is 0 Å². The maximum atomic E-state index is 11.6. The third-order valence-corrected chi connectivity index (χ3v) is 2.05. The lowest BCUT2D eigenvalue weighted by atomic mass is 10.3. The average Bonchev–Trinajstić information content (AvgIpc) is 2.89. The van der Waals surface area contributed by atoms with Gasteiger partial charge in [0.25, 0.3) is 5.89 Å². The molecule has 0 fully saturated rings. The van der Waals surface area contributed by atoms with Gasteiger partial charge < -0.3 is 9.15 Å². The number of hydrogen-bond acceptors (Lipinski definition) is 6. The van der Waals surface area contributed by atoms with Crippen molar-refractivity contribution in [3.05, 3.63) is 42.2 Å². The van der Waals surface area contributed by atoms with Crippen molar-refractivity contribution in [3.63, 3.8) is 0 Å². The van der Waals surface area contributed by atoms with Gasteiger partial charge in [0.1, 0.15) is 6.20 Å². The van der Waals surface area contributed by atoms with Crippen molar-refractivity contribution in [3.8, 4) is 5.95 Å². The summed E-state index contributed by atoms with van der Waals surface area (Å²) in [6.45, 7) is 2.25. The Labute approximate surface area is 109 Å². The van der Waals surface area contributed by atoms with E-state index in [2.05, 4.69) is 20.5 Å². The first-order valence-corrected chi connectivity index (χ1v) is 5.61. The predicted molar refractivity (Wildman–Crippen MR) is 67.0 cm³/mol. The highest BCUT2D eigenvalue weighted by molar-refractivity contribution is 5.90. The smallest absolute Gasteiger partial charge is 0.327 e. The van der Waals surface area contributed by atoms with Gasteiger partial charge in [0.15, 0.2) is 0 Å². The van der Waals surface area contributed by atoms with Crippen molar-refractivity contribution in [2.24, 2.45) is 5.10 Å². The van der Waals surface area contributed by atoms with E-state index >= 15 is 0 Å². The van der Waals surface area contributed by atoms with Gasteiger partial charge in [0.05, 0.1) is 12.8 Å². The van der Waals surface area contributed by atoms with Crippen LogP contribution in [0.25, 0.3) is 0 Å². The SMILES string of the molecule is CCOc1cnc(C(=O)N/N=C\c2ccncc2)o1. The first-order chi connectivity index (χ1) is 9.29. The molecule has 1 amide bonds. The van der Waals surface area contributed by atoms with Crippen molar-refractivity contribution in [1.82, 2.24) is 15.4 Å². The number of rotatable bonds is 5. The number of aromatic nitrogens is 2. The molecule has 0 aromatic carbocycles. The molecule has 98 valence electrons. The summed E-state index contributed by atoms with van der Waals surface area (Å²) in [4.78, 5) is 19.2. The summed E-state index contributed by atoms with van der Waals surface area (Å²) in [5.74, 6) is -0.447. The molecule has 1 N–H and O–H groups in total.